The molecule has 94 valence electrons. The van der Waals surface area contributed by atoms with E-state index in [-0.39, 0.29) is 11.5 Å². The number of hydrogen-bond donors (Lipinski definition) is 1. The Bertz CT molecular complexity index is 557. The average Bonchev–Trinajstić information content (AvgIpc) is 2.49. The Balaban J connectivity index is 1.96. The van der Waals surface area contributed by atoms with E-state index < -0.39 is 9.84 Å². The summed E-state index contributed by atoms with van der Waals surface area (Å²) in [5.41, 5.74) is 7.65. The molecule has 3 rings (SSSR count). The molecular weight excluding hydrogens is 240 g/mol. The summed E-state index contributed by atoms with van der Waals surface area (Å²) in [4.78, 5) is 2.18. The first kappa shape index (κ1) is 11.0. The number of aromatic nitrogens is 2. The van der Waals surface area contributed by atoms with E-state index in [2.05, 4.69) is 10.00 Å². The molecule has 0 radical (unpaired) electrons. The SMILES string of the molecule is CN1CC(n2nc3c(c2N)CCS(=O)(=O)C3)C1. The van der Waals surface area contributed by atoms with Gasteiger partial charge in [-0.05, 0) is 13.5 Å². The number of rotatable bonds is 1. The Kier molecular flexibility index (Phi) is 2.24. The largest absolute Gasteiger partial charge is 0.384 e. The maximum atomic E-state index is 11.5. The van der Waals surface area contributed by atoms with Crippen molar-refractivity contribution in [1.29, 1.82) is 0 Å². The molecule has 2 N–H and O–H groups in total. The number of anilines is 1. The third kappa shape index (κ3) is 1.73. The molecule has 1 aromatic heterocycles. The number of sulfone groups is 1. The fourth-order valence-corrected chi connectivity index (χ4v) is 3.86. The molecule has 0 unspecified atom stereocenters. The summed E-state index contributed by atoms with van der Waals surface area (Å²) in [5, 5.41) is 4.39. The molecule has 0 saturated carbocycles. The zero-order chi connectivity index (χ0) is 12.2. The van der Waals surface area contributed by atoms with Crippen molar-refractivity contribution in [2.75, 3.05) is 31.6 Å². The Morgan fingerprint density at radius 3 is 2.76 bits per heavy atom. The van der Waals surface area contributed by atoms with E-state index in [0.717, 1.165) is 18.7 Å². The minimum absolute atomic E-state index is 0.0437. The predicted octanol–water partition coefficient (Wildman–Crippen LogP) is -0.577. The van der Waals surface area contributed by atoms with Gasteiger partial charge in [0.25, 0.3) is 0 Å². The third-order valence-electron chi connectivity index (χ3n) is 3.54. The van der Waals surface area contributed by atoms with Crippen LogP contribution in [0.2, 0.25) is 0 Å². The van der Waals surface area contributed by atoms with Gasteiger partial charge in [-0.15, -0.1) is 0 Å². The van der Waals surface area contributed by atoms with E-state index in [4.69, 9.17) is 5.73 Å². The molecule has 6 nitrogen and oxygen atoms in total. The van der Waals surface area contributed by atoms with Gasteiger partial charge in [-0.25, -0.2) is 13.1 Å². The maximum absolute atomic E-state index is 11.5. The number of likely N-dealkylation sites (N-methyl/N-ethyl adjacent to an activating group) is 1. The zero-order valence-electron chi connectivity index (χ0n) is 9.76. The normalized spacial score (nSPS) is 24.3. The Morgan fingerprint density at radius 1 is 1.41 bits per heavy atom. The van der Waals surface area contributed by atoms with Gasteiger partial charge in [0.1, 0.15) is 5.82 Å². The summed E-state index contributed by atoms with van der Waals surface area (Å²) < 4.78 is 24.9. The molecule has 17 heavy (non-hydrogen) atoms. The van der Waals surface area contributed by atoms with Crippen molar-refractivity contribution in [3.05, 3.63) is 11.3 Å². The van der Waals surface area contributed by atoms with Crippen molar-refractivity contribution >= 4 is 15.7 Å². The van der Waals surface area contributed by atoms with Gasteiger partial charge < -0.3 is 10.6 Å². The molecule has 2 aliphatic heterocycles. The molecule has 2 aliphatic rings. The van der Waals surface area contributed by atoms with Crippen LogP contribution in [0, 0.1) is 0 Å². The Morgan fingerprint density at radius 2 is 2.12 bits per heavy atom. The standard InChI is InChI=1S/C10H16N4O2S/c1-13-4-7(5-13)14-10(11)8-2-3-17(15,16)6-9(8)12-14/h7H,2-6,11H2,1H3. The molecule has 1 aromatic rings. The highest BCUT2D eigenvalue weighted by molar-refractivity contribution is 7.90. The van der Waals surface area contributed by atoms with Crippen molar-refractivity contribution in [2.45, 2.75) is 18.2 Å². The van der Waals surface area contributed by atoms with E-state index in [1.54, 1.807) is 0 Å². The lowest BCUT2D eigenvalue weighted by molar-refractivity contribution is 0.132. The summed E-state index contributed by atoms with van der Waals surface area (Å²) in [6.07, 6.45) is 0.506. The van der Waals surface area contributed by atoms with Crippen molar-refractivity contribution in [2.24, 2.45) is 0 Å². The molecule has 0 spiro atoms. The Labute approximate surface area is 100 Å². The molecule has 0 amide bonds. The van der Waals surface area contributed by atoms with E-state index in [9.17, 15) is 8.42 Å². The highest BCUT2D eigenvalue weighted by atomic mass is 32.2. The third-order valence-corrected chi connectivity index (χ3v) is 5.08. The lowest BCUT2D eigenvalue weighted by atomic mass is 10.1. The quantitative estimate of drug-likeness (QED) is 0.727. The van der Waals surface area contributed by atoms with Gasteiger partial charge in [0.05, 0.1) is 23.2 Å². The molecule has 0 aliphatic carbocycles. The van der Waals surface area contributed by atoms with Crippen LogP contribution in [0.15, 0.2) is 0 Å². The van der Waals surface area contributed by atoms with Gasteiger partial charge in [-0.3, -0.25) is 0 Å². The number of hydrogen-bond acceptors (Lipinski definition) is 5. The maximum Gasteiger partial charge on any atom is 0.156 e. The van der Waals surface area contributed by atoms with Gasteiger partial charge in [-0.2, -0.15) is 5.10 Å². The fraction of sp³-hybridized carbons (Fsp3) is 0.700. The second-order valence-electron chi connectivity index (χ2n) is 4.97. The first-order valence-corrected chi connectivity index (χ1v) is 7.53. The van der Waals surface area contributed by atoms with E-state index in [1.807, 2.05) is 11.7 Å². The van der Waals surface area contributed by atoms with Crippen molar-refractivity contribution < 1.29 is 8.42 Å². The molecule has 0 bridgehead atoms. The predicted molar refractivity (Wildman–Crippen MR) is 64.4 cm³/mol. The smallest absolute Gasteiger partial charge is 0.156 e. The van der Waals surface area contributed by atoms with Crippen LogP contribution in [-0.4, -0.2) is 49.0 Å². The van der Waals surface area contributed by atoms with Crippen LogP contribution in [0.4, 0.5) is 5.82 Å². The van der Waals surface area contributed by atoms with Crippen LogP contribution < -0.4 is 5.73 Å². The number of nitrogens with two attached hydrogens (primary N) is 1. The van der Waals surface area contributed by atoms with Gasteiger partial charge in [0.15, 0.2) is 9.84 Å². The minimum Gasteiger partial charge on any atom is -0.384 e. The number of likely N-dealkylation sites (tertiary alicyclic amines) is 1. The summed E-state index contributed by atoms with van der Waals surface area (Å²) in [6.45, 7) is 1.86. The number of fused-ring (bicyclic) bond motifs is 1. The zero-order valence-corrected chi connectivity index (χ0v) is 10.6. The van der Waals surface area contributed by atoms with Crippen LogP contribution in [0.1, 0.15) is 17.3 Å². The Hall–Kier alpha value is -1.08. The first-order valence-electron chi connectivity index (χ1n) is 5.71. The van der Waals surface area contributed by atoms with E-state index in [0.29, 0.717) is 24.0 Å². The first-order chi connectivity index (χ1) is 7.96. The number of nitrogens with zero attached hydrogens (tertiary/aromatic N) is 3. The van der Waals surface area contributed by atoms with Crippen LogP contribution in [0.5, 0.6) is 0 Å². The average molecular weight is 256 g/mol. The number of nitrogen functional groups attached to an aromatic ring is 1. The fourth-order valence-electron chi connectivity index (χ4n) is 2.56. The monoisotopic (exact) mass is 256 g/mol. The van der Waals surface area contributed by atoms with Crippen LogP contribution >= 0.6 is 0 Å². The van der Waals surface area contributed by atoms with Crippen LogP contribution in [0.25, 0.3) is 0 Å². The second kappa shape index (κ2) is 3.46. The second-order valence-corrected chi connectivity index (χ2v) is 7.16. The van der Waals surface area contributed by atoms with Crippen molar-refractivity contribution in [3.63, 3.8) is 0 Å². The highest BCUT2D eigenvalue weighted by Gasteiger charge is 2.32. The molecule has 0 atom stereocenters. The molecule has 7 heteroatoms. The van der Waals surface area contributed by atoms with Gasteiger partial charge in [0.2, 0.25) is 0 Å². The van der Waals surface area contributed by atoms with Crippen molar-refractivity contribution in [1.82, 2.24) is 14.7 Å². The lowest BCUT2D eigenvalue weighted by Crippen LogP contribution is -2.45. The summed E-state index contributed by atoms with van der Waals surface area (Å²) in [5.74, 6) is 0.899. The van der Waals surface area contributed by atoms with Crippen LogP contribution in [0.3, 0.4) is 0 Å². The van der Waals surface area contributed by atoms with E-state index in [1.165, 1.54) is 0 Å². The van der Waals surface area contributed by atoms with E-state index >= 15 is 0 Å². The lowest BCUT2D eigenvalue weighted by Gasteiger charge is -2.36. The molecule has 3 heterocycles. The molecule has 1 saturated heterocycles. The topological polar surface area (TPSA) is 81.2 Å². The van der Waals surface area contributed by atoms with Gasteiger partial charge in [0, 0.05) is 18.7 Å². The molecular formula is C10H16N4O2S. The highest BCUT2D eigenvalue weighted by Crippen LogP contribution is 2.30. The summed E-state index contributed by atoms with van der Waals surface area (Å²) >= 11 is 0. The van der Waals surface area contributed by atoms with Gasteiger partial charge >= 0.3 is 0 Å². The molecule has 1 fully saturated rings. The molecule has 0 aromatic carbocycles. The summed E-state index contributed by atoms with van der Waals surface area (Å²) in [7, 11) is -0.924. The van der Waals surface area contributed by atoms with Crippen LogP contribution in [-0.2, 0) is 22.0 Å². The van der Waals surface area contributed by atoms with Crippen molar-refractivity contribution in [3.8, 4) is 0 Å². The summed E-state index contributed by atoms with van der Waals surface area (Å²) in [6, 6.07) is 0.299. The van der Waals surface area contributed by atoms with Gasteiger partial charge in [-0.1, -0.05) is 0 Å². The minimum atomic E-state index is -2.97.